The first-order valence-corrected chi connectivity index (χ1v) is 7.92. The first kappa shape index (κ1) is 15.8. The highest BCUT2D eigenvalue weighted by Gasteiger charge is 2.12. The average Bonchev–Trinajstić information content (AvgIpc) is 2.87. The van der Waals surface area contributed by atoms with Crippen LogP contribution < -0.4 is 0 Å². The molecule has 0 saturated carbocycles. The molecule has 1 N–H and O–H groups in total. The number of aliphatic imine (C=N–C) groups is 1. The number of imidazole rings is 1. The van der Waals surface area contributed by atoms with Crippen LogP contribution in [0.2, 0.25) is 10.0 Å². The number of rotatable bonds is 3. The second-order valence-electron chi connectivity index (χ2n) is 5.45. The number of nitrogens with zero attached hydrogens (tertiary/aromatic N) is 3. The summed E-state index contributed by atoms with van der Waals surface area (Å²) < 4.78 is 2.04. The van der Waals surface area contributed by atoms with Gasteiger partial charge in [0, 0.05) is 22.8 Å². The molecule has 23 heavy (non-hydrogen) atoms. The lowest BCUT2D eigenvalue weighted by Gasteiger charge is -2.10. The Morgan fingerprint density at radius 1 is 1.22 bits per heavy atom. The van der Waals surface area contributed by atoms with Crippen LogP contribution in [-0.2, 0) is 0 Å². The van der Waals surface area contributed by atoms with Gasteiger partial charge in [-0.05, 0) is 38.1 Å². The maximum atomic E-state index is 10.0. The van der Waals surface area contributed by atoms with Crippen molar-refractivity contribution in [3.63, 3.8) is 0 Å². The Morgan fingerprint density at radius 2 is 1.96 bits per heavy atom. The van der Waals surface area contributed by atoms with Crippen molar-refractivity contribution in [2.75, 3.05) is 0 Å². The molecule has 0 radical (unpaired) electrons. The maximum absolute atomic E-state index is 10.0. The SMILES string of the molecule is CC(C)n1c(/N=C/c2cc(Cl)cc(Cl)c2O)nc2ccccc21. The number of aromatic hydroxyl groups is 1. The Kier molecular flexibility index (Phi) is 4.28. The van der Waals surface area contributed by atoms with Crippen LogP contribution in [0.4, 0.5) is 5.95 Å². The van der Waals surface area contributed by atoms with E-state index in [0.717, 1.165) is 11.0 Å². The monoisotopic (exact) mass is 347 g/mol. The minimum absolute atomic E-state index is 0.0491. The number of para-hydroxylation sites is 2. The molecule has 6 heteroatoms. The van der Waals surface area contributed by atoms with E-state index in [-0.39, 0.29) is 16.8 Å². The van der Waals surface area contributed by atoms with Crippen molar-refractivity contribution in [2.45, 2.75) is 19.9 Å². The van der Waals surface area contributed by atoms with Gasteiger partial charge in [-0.3, -0.25) is 0 Å². The van der Waals surface area contributed by atoms with E-state index in [1.165, 1.54) is 12.3 Å². The number of hydrogen-bond donors (Lipinski definition) is 1. The van der Waals surface area contributed by atoms with Crippen LogP contribution in [0.5, 0.6) is 5.75 Å². The summed E-state index contributed by atoms with van der Waals surface area (Å²) in [6.45, 7) is 4.14. The Bertz CT molecular complexity index is 900. The van der Waals surface area contributed by atoms with Crippen LogP contribution in [-0.4, -0.2) is 20.9 Å². The highest BCUT2D eigenvalue weighted by atomic mass is 35.5. The van der Waals surface area contributed by atoms with E-state index in [9.17, 15) is 5.11 Å². The van der Waals surface area contributed by atoms with Crippen LogP contribution >= 0.6 is 23.2 Å². The highest BCUT2D eigenvalue weighted by Crippen LogP contribution is 2.31. The molecule has 0 fully saturated rings. The summed E-state index contributed by atoms with van der Waals surface area (Å²) in [5, 5.41) is 10.6. The first-order valence-electron chi connectivity index (χ1n) is 7.16. The average molecular weight is 348 g/mol. The van der Waals surface area contributed by atoms with Crippen LogP contribution in [0.1, 0.15) is 25.5 Å². The third-order valence-corrected chi connectivity index (χ3v) is 3.98. The number of aromatic nitrogens is 2. The van der Waals surface area contributed by atoms with Crippen molar-refractivity contribution in [3.8, 4) is 5.75 Å². The summed E-state index contributed by atoms with van der Waals surface area (Å²) in [7, 11) is 0. The van der Waals surface area contributed by atoms with Gasteiger partial charge in [0.05, 0.1) is 16.1 Å². The van der Waals surface area contributed by atoms with Crippen LogP contribution in [0.3, 0.4) is 0 Å². The summed E-state index contributed by atoms with van der Waals surface area (Å²) >= 11 is 11.9. The zero-order chi connectivity index (χ0) is 16.6. The number of fused-ring (bicyclic) bond motifs is 1. The topological polar surface area (TPSA) is 50.4 Å². The fraction of sp³-hybridized carbons (Fsp3) is 0.176. The molecule has 0 amide bonds. The lowest BCUT2D eigenvalue weighted by atomic mass is 10.2. The normalized spacial score (nSPS) is 11.9. The second-order valence-corrected chi connectivity index (χ2v) is 6.29. The van der Waals surface area contributed by atoms with Crippen molar-refractivity contribution in [3.05, 3.63) is 52.0 Å². The van der Waals surface area contributed by atoms with Gasteiger partial charge in [0.25, 0.3) is 0 Å². The smallest absolute Gasteiger partial charge is 0.230 e. The minimum atomic E-state index is -0.0491. The van der Waals surface area contributed by atoms with Crippen LogP contribution in [0, 0.1) is 0 Å². The fourth-order valence-corrected chi connectivity index (χ4v) is 2.95. The van der Waals surface area contributed by atoms with Crippen molar-refractivity contribution in [1.29, 1.82) is 0 Å². The van der Waals surface area contributed by atoms with E-state index in [1.807, 2.05) is 28.8 Å². The molecule has 0 unspecified atom stereocenters. The lowest BCUT2D eigenvalue weighted by Crippen LogP contribution is -1.99. The van der Waals surface area contributed by atoms with Gasteiger partial charge in [-0.15, -0.1) is 0 Å². The molecule has 1 aromatic heterocycles. The summed E-state index contributed by atoms with van der Waals surface area (Å²) in [6.07, 6.45) is 1.52. The molecule has 0 aliphatic heterocycles. The number of halogens is 2. The van der Waals surface area contributed by atoms with Crippen molar-refractivity contribution >= 4 is 46.4 Å². The van der Waals surface area contributed by atoms with Crippen LogP contribution in [0.25, 0.3) is 11.0 Å². The van der Waals surface area contributed by atoms with E-state index < -0.39 is 0 Å². The number of phenolic OH excluding ortho intramolecular Hbond substituents is 1. The summed E-state index contributed by atoms with van der Waals surface area (Å²) in [5.74, 6) is 0.517. The molecule has 0 bridgehead atoms. The molecule has 2 aromatic carbocycles. The van der Waals surface area contributed by atoms with Crippen molar-refractivity contribution < 1.29 is 5.11 Å². The van der Waals surface area contributed by atoms with E-state index in [1.54, 1.807) is 6.07 Å². The Hall–Kier alpha value is -2.04. The lowest BCUT2D eigenvalue weighted by molar-refractivity contribution is 0.475. The Labute approximate surface area is 144 Å². The molecule has 118 valence electrons. The molecule has 4 nitrogen and oxygen atoms in total. The fourth-order valence-electron chi connectivity index (χ4n) is 2.44. The van der Waals surface area contributed by atoms with E-state index in [0.29, 0.717) is 16.5 Å². The van der Waals surface area contributed by atoms with Gasteiger partial charge >= 0.3 is 0 Å². The van der Waals surface area contributed by atoms with Gasteiger partial charge in [0.2, 0.25) is 5.95 Å². The molecule has 3 aromatic rings. The summed E-state index contributed by atoms with van der Waals surface area (Å²) in [5.41, 5.74) is 2.34. The van der Waals surface area contributed by atoms with Gasteiger partial charge in [0.1, 0.15) is 5.75 Å². The number of benzene rings is 2. The second kappa shape index (κ2) is 6.22. The van der Waals surface area contributed by atoms with E-state index >= 15 is 0 Å². The van der Waals surface area contributed by atoms with E-state index in [2.05, 4.69) is 23.8 Å². The zero-order valence-corrected chi connectivity index (χ0v) is 14.2. The molecular weight excluding hydrogens is 333 g/mol. The zero-order valence-electron chi connectivity index (χ0n) is 12.7. The molecule has 1 heterocycles. The van der Waals surface area contributed by atoms with Gasteiger partial charge < -0.3 is 9.67 Å². The predicted molar refractivity (Wildman–Crippen MR) is 95.5 cm³/mol. The number of phenols is 1. The first-order chi connectivity index (χ1) is 11.0. The maximum Gasteiger partial charge on any atom is 0.230 e. The molecular formula is C17H15Cl2N3O. The van der Waals surface area contributed by atoms with E-state index in [4.69, 9.17) is 23.2 Å². The predicted octanol–water partition coefficient (Wildman–Crippen LogP) is 5.38. The van der Waals surface area contributed by atoms with Gasteiger partial charge in [-0.25, -0.2) is 9.98 Å². The largest absolute Gasteiger partial charge is 0.506 e. The molecule has 0 spiro atoms. The minimum Gasteiger partial charge on any atom is -0.506 e. The third-order valence-electron chi connectivity index (χ3n) is 3.47. The number of hydrogen-bond acceptors (Lipinski definition) is 3. The standard InChI is InChI=1S/C17H15Cl2N3O/c1-10(2)22-15-6-4-3-5-14(15)21-17(22)20-9-11-7-12(18)8-13(19)16(11)23/h3-10,23H,1-2H3/b20-9+. The quantitative estimate of drug-likeness (QED) is 0.646. The van der Waals surface area contributed by atoms with Crippen molar-refractivity contribution in [1.82, 2.24) is 9.55 Å². The summed E-state index contributed by atoms with van der Waals surface area (Å²) in [4.78, 5) is 8.97. The Balaban J connectivity index is 2.10. The molecule has 0 aliphatic rings. The third kappa shape index (κ3) is 3.05. The Morgan fingerprint density at radius 3 is 2.70 bits per heavy atom. The van der Waals surface area contributed by atoms with Crippen molar-refractivity contribution in [2.24, 2.45) is 4.99 Å². The molecule has 3 rings (SSSR count). The van der Waals surface area contributed by atoms with Crippen LogP contribution in [0.15, 0.2) is 41.4 Å². The van der Waals surface area contributed by atoms with Gasteiger partial charge in [-0.1, -0.05) is 35.3 Å². The van der Waals surface area contributed by atoms with Gasteiger partial charge in [0.15, 0.2) is 0 Å². The molecule has 0 saturated heterocycles. The highest BCUT2D eigenvalue weighted by molar-refractivity contribution is 6.36. The van der Waals surface area contributed by atoms with Gasteiger partial charge in [-0.2, -0.15) is 0 Å². The molecule has 0 aliphatic carbocycles. The summed E-state index contributed by atoms with van der Waals surface area (Å²) in [6, 6.07) is 11.2. The molecule has 0 atom stereocenters.